The fourth-order valence-electron chi connectivity index (χ4n) is 1.33. The predicted octanol–water partition coefficient (Wildman–Crippen LogP) is 0.735. The summed E-state index contributed by atoms with van der Waals surface area (Å²) in [5.41, 5.74) is -0.934. The number of rotatable bonds is 5. The molecule has 0 radical (unpaired) electrons. The summed E-state index contributed by atoms with van der Waals surface area (Å²) < 4.78 is 53.5. The molecule has 0 unspecified atom stereocenters. The molecule has 0 saturated heterocycles. The zero-order valence-corrected chi connectivity index (χ0v) is 10.7. The summed E-state index contributed by atoms with van der Waals surface area (Å²) in [6.45, 7) is 0. The number of halogens is 2. The third-order valence-corrected chi connectivity index (χ3v) is 3.54. The van der Waals surface area contributed by atoms with E-state index in [9.17, 15) is 26.8 Å². The van der Waals surface area contributed by atoms with Crippen molar-refractivity contribution in [3.05, 3.63) is 35.4 Å². The third-order valence-electron chi connectivity index (χ3n) is 2.16. The number of carbonyl (C=O) groups excluding carboxylic acids is 2. The first kappa shape index (κ1) is 15.2. The molecule has 5 nitrogen and oxygen atoms in total. The number of benzene rings is 1. The molecule has 8 heteroatoms. The van der Waals surface area contributed by atoms with Crippen LogP contribution in [-0.4, -0.2) is 38.8 Å². The molecule has 0 atom stereocenters. The number of ketones is 1. The van der Waals surface area contributed by atoms with Gasteiger partial charge in [-0.05, 0) is 12.1 Å². The van der Waals surface area contributed by atoms with Crippen molar-refractivity contribution < 1.29 is 31.5 Å². The second kappa shape index (κ2) is 5.87. The predicted molar refractivity (Wildman–Crippen MR) is 61.4 cm³/mol. The Morgan fingerprint density at radius 3 is 2.16 bits per heavy atom. The van der Waals surface area contributed by atoms with Crippen molar-refractivity contribution in [3.8, 4) is 0 Å². The maximum Gasteiger partial charge on any atom is 0.320 e. The van der Waals surface area contributed by atoms with Crippen LogP contribution < -0.4 is 0 Å². The quantitative estimate of drug-likeness (QED) is 0.591. The third kappa shape index (κ3) is 4.09. The number of hydrogen-bond acceptors (Lipinski definition) is 5. The van der Waals surface area contributed by atoms with Gasteiger partial charge in [0.25, 0.3) is 0 Å². The molecule has 1 aromatic rings. The van der Waals surface area contributed by atoms with Gasteiger partial charge in [0.05, 0.1) is 12.7 Å². The van der Waals surface area contributed by atoms with Crippen molar-refractivity contribution >= 4 is 21.6 Å². The summed E-state index contributed by atoms with van der Waals surface area (Å²) in [4.78, 5) is 22.4. The lowest BCUT2D eigenvalue weighted by Crippen LogP contribution is -2.25. The molecule has 0 bridgehead atoms. The molecule has 1 aromatic carbocycles. The molecule has 0 N–H and O–H groups in total. The first-order valence-corrected chi connectivity index (χ1v) is 6.83. The molecule has 0 spiro atoms. The van der Waals surface area contributed by atoms with Gasteiger partial charge in [0.1, 0.15) is 23.1 Å². The summed E-state index contributed by atoms with van der Waals surface area (Å²) in [5, 5.41) is 0. The molecule has 0 aromatic heterocycles. The van der Waals surface area contributed by atoms with Gasteiger partial charge in [-0.1, -0.05) is 6.07 Å². The van der Waals surface area contributed by atoms with E-state index in [1.165, 1.54) is 0 Å². The van der Waals surface area contributed by atoms with Gasteiger partial charge in [-0.2, -0.15) is 0 Å². The fourth-order valence-corrected chi connectivity index (χ4v) is 2.45. The van der Waals surface area contributed by atoms with Crippen LogP contribution >= 0.6 is 0 Å². The molecule has 0 aliphatic rings. The highest BCUT2D eigenvalue weighted by Crippen LogP contribution is 2.13. The first-order chi connectivity index (χ1) is 8.76. The van der Waals surface area contributed by atoms with Crippen molar-refractivity contribution in [2.75, 3.05) is 18.6 Å². The van der Waals surface area contributed by atoms with E-state index < -0.39 is 50.3 Å². The van der Waals surface area contributed by atoms with Gasteiger partial charge in [-0.3, -0.25) is 9.59 Å². The summed E-state index contributed by atoms with van der Waals surface area (Å²) in [6.07, 6.45) is 0. The van der Waals surface area contributed by atoms with Crippen molar-refractivity contribution in [3.63, 3.8) is 0 Å². The Morgan fingerprint density at radius 1 is 1.16 bits per heavy atom. The second-order valence-corrected chi connectivity index (χ2v) is 5.69. The van der Waals surface area contributed by atoms with E-state index in [1.54, 1.807) is 0 Å². The number of carbonyl (C=O) groups is 2. The normalized spacial score (nSPS) is 11.1. The van der Waals surface area contributed by atoms with Gasteiger partial charge in [0, 0.05) is 0 Å². The molecular formula is C11H10F2O5S. The van der Waals surface area contributed by atoms with Gasteiger partial charge in [0.15, 0.2) is 15.6 Å². The van der Waals surface area contributed by atoms with Crippen LogP contribution in [0.15, 0.2) is 18.2 Å². The van der Waals surface area contributed by atoms with Crippen LogP contribution in [0.3, 0.4) is 0 Å². The van der Waals surface area contributed by atoms with Crippen molar-refractivity contribution in [1.29, 1.82) is 0 Å². The molecule has 104 valence electrons. The zero-order valence-electron chi connectivity index (χ0n) is 9.85. The lowest BCUT2D eigenvalue weighted by molar-refractivity contribution is -0.137. The average molecular weight is 292 g/mol. The van der Waals surface area contributed by atoms with Crippen LogP contribution in [0.2, 0.25) is 0 Å². The van der Waals surface area contributed by atoms with E-state index in [1.807, 2.05) is 0 Å². The van der Waals surface area contributed by atoms with Crippen molar-refractivity contribution in [1.82, 2.24) is 0 Å². The number of esters is 1. The van der Waals surface area contributed by atoms with Crippen molar-refractivity contribution in [2.45, 2.75) is 0 Å². The van der Waals surface area contributed by atoms with E-state index in [0.717, 1.165) is 25.3 Å². The molecule has 0 fully saturated rings. The highest BCUT2D eigenvalue weighted by Gasteiger charge is 2.25. The lowest BCUT2D eigenvalue weighted by atomic mass is 10.1. The maximum absolute atomic E-state index is 13.3. The Balaban J connectivity index is 2.95. The minimum absolute atomic E-state index is 0.837. The number of hydrogen-bond donors (Lipinski definition) is 0. The van der Waals surface area contributed by atoms with E-state index in [0.29, 0.717) is 0 Å². The van der Waals surface area contributed by atoms with Gasteiger partial charge in [-0.25, -0.2) is 17.2 Å². The Hall–Kier alpha value is -1.83. The van der Waals surface area contributed by atoms with Crippen LogP contribution in [0, 0.1) is 11.6 Å². The van der Waals surface area contributed by atoms with Crippen LogP contribution in [0.5, 0.6) is 0 Å². The highest BCUT2D eigenvalue weighted by atomic mass is 32.2. The molecule has 0 saturated carbocycles. The Kier molecular flexibility index (Phi) is 4.71. The minimum atomic E-state index is -4.13. The summed E-state index contributed by atoms with van der Waals surface area (Å²) in [6, 6.07) is 2.72. The topological polar surface area (TPSA) is 77.5 Å². The smallest absolute Gasteiger partial charge is 0.320 e. The zero-order chi connectivity index (χ0) is 14.6. The Bertz CT molecular complexity index is 589. The molecule has 0 aliphatic carbocycles. The van der Waals surface area contributed by atoms with Crippen LogP contribution in [0.25, 0.3) is 0 Å². The Labute approximate surface area is 108 Å². The highest BCUT2D eigenvalue weighted by molar-refractivity contribution is 7.92. The SMILES string of the molecule is COC(=O)CS(=O)(=O)CC(=O)c1c(F)cccc1F. The van der Waals surface area contributed by atoms with Crippen LogP contribution in [0.4, 0.5) is 8.78 Å². The first-order valence-electron chi connectivity index (χ1n) is 5.01. The second-order valence-electron chi connectivity index (χ2n) is 3.63. The van der Waals surface area contributed by atoms with Crippen LogP contribution in [0.1, 0.15) is 10.4 Å². The molecule has 19 heavy (non-hydrogen) atoms. The molecule has 0 aliphatic heterocycles. The molecule has 0 heterocycles. The monoisotopic (exact) mass is 292 g/mol. The maximum atomic E-state index is 13.3. The Morgan fingerprint density at radius 2 is 1.68 bits per heavy atom. The largest absolute Gasteiger partial charge is 0.468 e. The van der Waals surface area contributed by atoms with Gasteiger partial charge in [-0.15, -0.1) is 0 Å². The van der Waals surface area contributed by atoms with Crippen molar-refractivity contribution in [2.24, 2.45) is 0 Å². The number of Topliss-reactive ketones (excluding diaryl/α,β-unsaturated/α-hetero) is 1. The average Bonchev–Trinajstić information content (AvgIpc) is 2.27. The summed E-state index contributed by atoms with van der Waals surface area (Å²) >= 11 is 0. The van der Waals surface area contributed by atoms with E-state index in [4.69, 9.17) is 0 Å². The van der Waals surface area contributed by atoms with Gasteiger partial charge in [0.2, 0.25) is 0 Å². The summed E-state index contributed by atoms with van der Waals surface area (Å²) in [7, 11) is -3.15. The fraction of sp³-hybridized carbons (Fsp3) is 0.273. The van der Waals surface area contributed by atoms with E-state index in [2.05, 4.69) is 4.74 Å². The van der Waals surface area contributed by atoms with E-state index in [-0.39, 0.29) is 0 Å². The standard InChI is InChI=1S/C11H10F2O5S/c1-18-10(15)6-19(16,17)5-9(14)11-7(12)3-2-4-8(11)13/h2-4H,5-6H2,1H3. The molecule has 1 rings (SSSR count). The number of sulfone groups is 1. The van der Waals surface area contributed by atoms with E-state index >= 15 is 0 Å². The van der Waals surface area contributed by atoms with Crippen LogP contribution in [-0.2, 0) is 19.4 Å². The molecule has 0 amide bonds. The molecular weight excluding hydrogens is 282 g/mol. The summed E-state index contributed by atoms with van der Waals surface area (Å²) in [5.74, 6) is -6.80. The minimum Gasteiger partial charge on any atom is -0.468 e. The lowest BCUT2D eigenvalue weighted by Gasteiger charge is -2.05. The number of ether oxygens (including phenoxy) is 1. The number of methoxy groups -OCH3 is 1. The van der Waals surface area contributed by atoms with Gasteiger partial charge < -0.3 is 4.74 Å². The van der Waals surface area contributed by atoms with Gasteiger partial charge >= 0.3 is 5.97 Å².